The number of nitrogens with zero attached hydrogens (tertiary/aromatic N) is 4. The molecule has 0 saturated carbocycles. The van der Waals surface area contributed by atoms with Gasteiger partial charge in [0.15, 0.2) is 0 Å². The van der Waals surface area contributed by atoms with E-state index in [1.165, 1.54) is 6.34 Å². The van der Waals surface area contributed by atoms with Crippen LogP contribution in [0.4, 0.5) is 11.8 Å². The zero-order valence-electron chi connectivity index (χ0n) is 26.5. The number of fused-ring (bicyclic) bond motifs is 2. The molecule has 266 valence electrons. The van der Waals surface area contributed by atoms with Gasteiger partial charge in [-0.1, -0.05) is 12.1 Å². The Morgan fingerprint density at radius 3 is 2.58 bits per heavy atom. The fourth-order valence-corrected chi connectivity index (χ4v) is 5.57. The van der Waals surface area contributed by atoms with E-state index in [9.17, 15) is 29.4 Å². The van der Waals surface area contributed by atoms with Crippen LogP contribution in [0.25, 0.3) is 11.0 Å². The van der Waals surface area contributed by atoms with E-state index >= 15 is 0 Å². The Morgan fingerprint density at radius 2 is 1.90 bits per heavy atom. The van der Waals surface area contributed by atoms with Gasteiger partial charge in [0.25, 0.3) is 11.5 Å². The summed E-state index contributed by atoms with van der Waals surface area (Å²) in [7, 11) is 0. The van der Waals surface area contributed by atoms with Crippen molar-refractivity contribution in [2.45, 2.75) is 62.7 Å². The second-order valence-electron chi connectivity index (χ2n) is 11.6. The van der Waals surface area contributed by atoms with Crippen molar-refractivity contribution in [1.82, 2.24) is 29.8 Å². The van der Waals surface area contributed by atoms with Crippen LogP contribution in [-0.4, -0.2) is 106 Å². The molecule has 2 aliphatic heterocycles. The smallest absolute Gasteiger partial charge is 0.326 e. The SMILES string of the molecule is Nc1nc2[nH]cc(CCc3ccc(C(=O)N[C@@H](CCC(=O)O)C(=O)O)cc3)c2c(=O)[nH]1.OC[C@H]1O[C@@H](n2cnc3c2NC=NC[C@H]3O)C[C@@H]1O. The number of aliphatic hydroxyl groups is 3. The highest BCUT2D eigenvalue weighted by molar-refractivity contribution is 5.96. The Bertz CT molecular complexity index is 1920. The second-order valence-corrected chi connectivity index (χ2v) is 11.6. The maximum Gasteiger partial charge on any atom is 0.326 e. The lowest BCUT2D eigenvalue weighted by Crippen LogP contribution is -2.41. The summed E-state index contributed by atoms with van der Waals surface area (Å²) in [4.78, 5) is 63.9. The number of nitrogens with one attached hydrogen (secondary N) is 4. The molecule has 1 aromatic carbocycles. The van der Waals surface area contributed by atoms with Crippen molar-refractivity contribution in [2.75, 3.05) is 24.2 Å². The molecule has 19 nitrogen and oxygen atoms in total. The zero-order valence-corrected chi connectivity index (χ0v) is 26.5. The summed E-state index contributed by atoms with van der Waals surface area (Å²) in [5.41, 5.74) is 8.09. The number of aliphatic imine (C=N–C) groups is 1. The first-order valence-electron chi connectivity index (χ1n) is 15.6. The average Bonchev–Trinajstić information content (AvgIpc) is 3.77. The minimum absolute atomic E-state index is 0.0351. The van der Waals surface area contributed by atoms with E-state index < -0.39 is 48.4 Å². The van der Waals surface area contributed by atoms with Gasteiger partial charge >= 0.3 is 11.9 Å². The molecular formula is C31H37N9O10. The molecule has 2 aliphatic rings. The Labute approximate surface area is 282 Å². The molecule has 50 heavy (non-hydrogen) atoms. The van der Waals surface area contributed by atoms with E-state index in [-0.39, 0.29) is 43.1 Å². The number of carboxylic acid groups (broad SMARTS) is 2. The molecular weight excluding hydrogens is 658 g/mol. The van der Waals surface area contributed by atoms with Gasteiger partial charge in [0, 0.05) is 24.6 Å². The third kappa shape index (κ3) is 8.32. The second kappa shape index (κ2) is 15.7. The number of carbonyl (C=O) groups is 3. The first-order chi connectivity index (χ1) is 23.9. The van der Waals surface area contributed by atoms with E-state index in [1.54, 1.807) is 41.4 Å². The maximum atomic E-state index is 12.3. The van der Waals surface area contributed by atoms with Crippen LogP contribution in [0.5, 0.6) is 0 Å². The molecule has 11 N–H and O–H groups in total. The van der Waals surface area contributed by atoms with Crippen molar-refractivity contribution in [2.24, 2.45) is 4.99 Å². The van der Waals surface area contributed by atoms with Crippen LogP contribution in [0.1, 0.15) is 58.8 Å². The van der Waals surface area contributed by atoms with Gasteiger partial charge in [-0.05, 0) is 42.5 Å². The van der Waals surface area contributed by atoms with Crippen LogP contribution in [0.2, 0.25) is 0 Å². The molecule has 5 heterocycles. The number of rotatable bonds is 11. The number of nitrogens with two attached hydrogens (primary N) is 1. The average molecular weight is 696 g/mol. The van der Waals surface area contributed by atoms with Crippen molar-refractivity contribution in [3.8, 4) is 0 Å². The van der Waals surface area contributed by atoms with E-state index in [1.807, 2.05) is 0 Å². The van der Waals surface area contributed by atoms with Gasteiger partial charge in [-0.3, -0.25) is 28.9 Å². The molecule has 4 aromatic rings. The summed E-state index contributed by atoms with van der Waals surface area (Å²) >= 11 is 0. The van der Waals surface area contributed by atoms with E-state index in [4.69, 9.17) is 25.8 Å². The van der Waals surface area contributed by atoms with Crippen LogP contribution >= 0.6 is 0 Å². The lowest BCUT2D eigenvalue weighted by Gasteiger charge is -2.16. The van der Waals surface area contributed by atoms with Crippen molar-refractivity contribution in [3.63, 3.8) is 0 Å². The predicted molar refractivity (Wildman–Crippen MR) is 177 cm³/mol. The molecule has 0 radical (unpaired) electrons. The number of aliphatic carboxylic acids is 2. The van der Waals surface area contributed by atoms with E-state index in [0.717, 1.165) is 11.1 Å². The molecule has 3 aromatic heterocycles. The summed E-state index contributed by atoms with van der Waals surface area (Å²) in [6.07, 6.45) is 3.21. The van der Waals surface area contributed by atoms with Gasteiger partial charge in [0.1, 0.15) is 41.6 Å². The number of carbonyl (C=O) groups excluding carboxylic acids is 1. The molecule has 1 fully saturated rings. The number of hydrogen-bond acceptors (Lipinski definition) is 13. The van der Waals surface area contributed by atoms with Crippen LogP contribution in [0.3, 0.4) is 0 Å². The van der Waals surface area contributed by atoms with Gasteiger partial charge in [0.2, 0.25) is 5.95 Å². The first-order valence-corrected chi connectivity index (χ1v) is 15.6. The van der Waals surface area contributed by atoms with Gasteiger partial charge in [-0.25, -0.2) is 9.78 Å². The number of benzene rings is 1. The summed E-state index contributed by atoms with van der Waals surface area (Å²) in [5, 5.41) is 52.3. The Morgan fingerprint density at radius 1 is 1.14 bits per heavy atom. The molecule has 1 saturated heterocycles. The molecule has 1 amide bonds. The highest BCUT2D eigenvalue weighted by atomic mass is 16.5. The number of aromatic amines is 2. The number of nitrogen functional groups attached to an aromatic ring is 1. The third-order valence-electron chi connectivity index (χ3n) is 8.19. The normalized spacial score (nSPS) is 20.2. The Hall–Kier alpha value is -5.63. The molecule has 0 spiro atoms. The summed E-state index contributed by atoms with van der Waals surface area (Å²) in [6, 6.07) is 5.30. The van der Waals surface area contributed by atoms with Gasteiger partial charge in [0.05, 0.1) is 37.3 Å². The zero-order chi connectivity index (χ0) is 35.9. The summed E-state index contributed by atoms with van der Waals surface area (Å²) in [5.74, 6) is -2.40. The molecule has 6 rings (SSSR count). The van der Waals surface area contributed by atoms with Crippen molar-refractivity contribution in [1.29, 1.82) is 0 Å². The van der Waals surface area contributed by atoms with Gasteiger partial charge < -0.3 is 51.6 Å². The number of aryl methyl sites for hydroxylation is 2. The number of H-pyrrole nitrogens is 2. The third-order valence-corrected chi connectivity index (χ3v) is 8.19. The number of amides is 1. The van der Waals surface area contributed by atoms with Crippen LogP contribution in [0, 0.1) is 0 Å². The monoisotopic (exact) mass is 695 g/mol. The minimum Gasteiger partial charge on any atom is -0.481 e. The largest absolute Gasteiger partial charge is 0.481 e. The molecule has 0 bridgehead atoms. The maximum absolute atomic E-state index is 12.3. The number of hydrogen-bond donors (Lipinski definition) is 10. The van der Waals surface area contributed by atoms with Crippen molar-refractivity contribution in [3.05, 3.63) is 69.5 Å². The highest BCUT2D eigenvalue weighted by Gasteiger charge is 2.36. The first kappa shape index (κ1) is 35.7. The standard InChI is InChI=1S/C20H21N5O6.C11H16N4O4/c21-20-24-16-15(18(29)25-20)12(9-22-16)6-3-10-1-4-11(5-2-10)17(28)23-13(19(30)31)7-8-14(26)27;16-3-8-6(17)1-9(19-8)15-5-14-10-7(18)2-12-4-13-11(10)15/h1-2,4-5,9,13H,3,6-8H2,(H,23,28)(H,26,27)(H,30,31)(H4,21,22,24,25,29);4-9,16-18H,1-3H2,(H,12,13)/t13-;6-,7+,8+,9+/m00/s1. The van der Waals surface area contributed by atoms with Crippen LogP contribution in [0.15, 0.2) is 46.6 Å². The molecule has 19 heteroatoms. The fraction of sp³-hybridized carbons (Fsp3) is 0.387. The lowest BCUT2D eigenvalue weighted by molar-refractivity contribution is -0.140. The summed E-state index contributed by atoms with van der Waals surface area (Å²) < 4.78 is 7.27. The topological polar surface area (TPSA) is 303 Å². The number of anilines is 2. The fourth-order valence-electron chi connectivity index (χ4n) is 5.57. The van der Waals surface area contributed by atoms with Crippen molar-refractivity contribution < 1.29 is 44.7 Å². The van der Waals surface area contributed by atoms with E-state index in [0.29, 0.717) is 41.8 Å². The minimum atomic E-state index is -1.30. The quantitative estimate of drug-likeness (QED) is 0.0962. The van der Waals surface area contributed by atoms with Crippen LogP contribution in [-0.2, 0) is 27.2 Å². The van der Waals surface area contributed by atoms with Gasteiger partial charge in [-0.2, -0.15) is 4.98 Å². The molecule has 0 unspecified atom stereocenters. The number of aliphatic hydroxyl groups excluding tert-OH is 3. The summed E-state index contributed by atoms with van der Waals surface area (Å²) in [6.45, 7) is 0.0243. The molecule has 0 aliphatic carbocycles. The lowest BCUT2D eigenvalue weighted by atomic mass is 10.0. The number of carboxylic acids is 2. The number of ether oxygens (including phenoxy) is 1. The highest BCUT2D eigenvalue weighted by Crippen LogP contribution is 2.34. The Kier molecular flexibility index (Phi) is 11.2. The Balaban J connectivity index is 0.000000217. The van der Waals surface area contributed by atoms with Gasteiger partial charge in [-0.15, -0.1) is 0 Å². The molecule has 5 atom stereocenters. The predicted octanol–water partition coefficient (Wildman–Crippen LogP) is -0.323. The van der Waals surface area contributed by atoms with Crippen molar-refractivity contribution >= 4 is 47.0 Å². The van der Waals surface area contributed by atoms with Crippen LogP contribution < -0.4 is 21.9 Å². The number of aromatic nitrogens is 5. The van der Waals surface area contributed by atoms with E-state index in [2.05, 4.69) is 35.6 Å². The number of imidazole rings is 1.